The van der Waals surface area contributed by atoms with Gasteiger partial charge >= 0.3 is 38.2 Å². The first-order valence-electron chi connectivity index (χ1n) is 29.9. The number of urea groups is 2. The number of carbonyl (C=O) groups excluding carboxylic acids is 7. The number of aryl methyl sites for hydroxylation is 1. The summed E-state index contributed by atoms with van der Waals surface area (Å²) in [6.07, 6.45) is 2.15. The van der Waals surface area contributed by atoms with Crippen LogP contribution >= 0.6 is 22.7 Å². The van der Waals surface area contributed by atoms with Gasteiger partial charge < -0.3 is 69.5 Å². The molecule has 89 heavy (non-hydrogen) atoms. The maximum Gasteiger partial charge on any atom is 0.526 e. The zero-order valence-corrected chi connectivity index (χ0v) is 53.1. The second-order valence-electron chi connectivity index (χ2n) is 25.2. The molecule has 6 fully saturated rings. The normalized spacial score (nSPS) is 22.8. The van der Waals surface area contributed by atoms with Gasteiger partial charge in [0.25, 0.3) is 0 Å². The van der Waals surface area contributed by atoms with E-state index in [1.54, 1.807) is 44.8 Å². The molecule has 3 saturated heterocycles. The molecule has 2 aromatic heterocycles. The van der Waals surface area contributed by atoms with Gasteiger partial charge in [-0.25, -0.2) is 29.1 Å². The number of nitrogens with zero attached hydrogens (tertiary/aromatic N) is 6. The molecule has 3 aliphatic carbocycles. The summed E-state index contributed by atoms with van der Waals surface area (Å²) in [5, 5.41) is 29.9. The lowest BCUT2D eigenvalue weighted by Gasteiger charge is -2.64. The number of rotatable bonds is 18. The minimum Gasteiger partial charge on any atom is -0.535 e. The SMILES string of the molecule is C.CCN1CCN(C(=O)NC(C(=O)C[C@@H](Cc2cccc(C(=O)OC(C)(C)C)c2OC)B2OC3CC4CC(C4(C)C)[C@]3(C)O2)c2csc(C)n2)CC1=O.CCN1CCN(C(=O)NC(C(=O)C[C@H]2Cc3cccc(C(=O)O)c3OB2O)c2csc(N)n2)CC1=O. The van der Waals surface area contributed by atoms with E-state index < -0.39 is 78.9 Å². The Morgan fingerprint density at radius 1 is 0.854 bits per heavy atom. The number of benzene rings is 2. The number of fused-ring (bicyclic) bond motifs is 1. The third-order valence-electron chi connectivity index (χ3n) is 18.1. The number of methoxy groups -OCH3 is 1. The predicted octanol–water partition coefficient (Wildman–Crippen LogP) is 7.05. The molecule has 7 aliphatic rings. The number of anilines is 1. The number of nitrogens with one attached hydrogen (secondary N) is 2. The molecule has 2 bridgehead atoms. The Morgan fingerprint density at radius 3 is 1.99 bits per heavy atom. The maximum absolute atomic E-state index is 14.6. The van der Waals surface area contributed by atoms with Crippen molar-refractivity contribution in [1.29, 1.82) is 0 Å². The molecular weight excluding hydrogens is 1180 g/mol. The van der Waals surface area contributed by atoms with Crippen LogP contribution < -0.4 is 25.8 Å². The van der Waals surface area contributed by atoms with E-state index in [2.05, 4.69) is 41.4 Å². The van der Waals surface area contributed by atoms with E-state index >= 15 is 0 Å². The number of Topliss-reactive ketones (excluding diaryl/α,β-unsaturated/α-hetero) is 2. The summed E-state index contributed by atoms with van der Waals surface area (Å²) in [4.78, 5) is 119. The van der Waals surface area contributed by atoms with E-state index in [0.29, 0.717) is 80.1 Å². The Kier molecular flexibility index (Phi) is 21.0. The minimum atomic E-state index is -1.42. The van der Waals surface area contributed by atoms with E-state index in [1.165, 1.54) is 34.3 Å². The number of esters is 1. The van der Waals surface area contributed by atoms with Gasteiger partial charge in [0.15, 0.2) is 16.7 Å². The lowest BCUT2D eigenvalue weighted by molar-refractivity contribution is -0.199. The highest BCUT2D eigenvalue weighted by atomic mass is 32.1. The van der Waals surface area contributed by atoms with Crippen LogP contribution in [-0.4, -0.2) is 178 Å². The molecule has 480 valence electrons. The molecule has 4 aliphatic heterocycles. The number of carbonyl (C=O) groups is 8. The number of nitrogens with two attached hydrogens (primary N) is 1. The lowest BCUT2D eigenvalue weighted by Crippen LogP contribution is -2.65. The summed E-state index contributed by atoms with van der Waals surface area (Å²) in [6.45, 7) is 20.3. The lowest BCUT2D eigenvalue weighted by atomic mass is 9.43. The largest absolute Gasteiger partial charge is 0.535 e. The topological polar surface area (TPSA) is 312 Å². The van der Waals surface area contributed by atoms with Crippen molar-refractivity contribution < 1.29 is 71.9 Å². The molecular formula is C61H83B2N9O15S2. The van der Waals surface area contributed by atoms with Crippen LogP contribution in [0.25, 0.3) is 0 Å². The third-order valence-corrected chi connectivity index (χ3v) is 19.5. The first-order chi connectivity index (χ1) is 41.6. The molecule has 6 amide bonds. The first-order valence-corrected chi connectivity index (χ1v) is 31.7. The van der Waals surface area contributed by atoms with Crippen molar-refractivity contribution in [2.45, 2.75) is 149 Å². The van der Waals surface area contributed by atoms with Crippen LogP contribution in [0, 0.1) is 24.2 Å². The highest BCUT2D eigenvalue weighted by molar-refractivity contribution is 7.13. The molecule has 11 rings (SSSR count). The highest BCUT2D eigenvalue weighted by Crippen LogP contribution is 2.66. The van der Waals surface area contributed by atoms with Crippen molar-refractivity contribution in [3.8, 4) is 11.5 Å². The molecule has 3 saturated carbocycles. The Labute approximate surface area is 528 Å². The van der Waals surface area contributed by atoms with Crippen LogP contribution in [0.5, 0.6) is 11.5 Å². The number of hydrogen-bond acceptors (Lipinski definition) is 19. The molecule has 6 heterocycles. The van der Waals surface area contributed by atoms with Crippen LogP contribution in [0.3, 0.4) is 0 Å². The summed E-state index contributed by atoms with van der Waals surface area (Å²) in [5.41, 5.74) is 6.84. The van der Waals surface area contributed by atoms with Gasteiger partial charge in [0.1, 0.15) is 47.8 Å². The third kappa shape index (κ3) is 14.7. The van der Waals surface area contributed by atoms with Gasteiger partial charge in [-0.15, -0.1) is 22.7 Å². The van der Waals surface area contributed by atoms with Crippen molar-refractivity contribution in [2.24, 2.45) is 17.3 Å². The van der Waals surface area contributed by atoms with E-state index in [-0.39, 0.29) is 96.6 Å². The van der Waals surface area contributed by atoms with E-state index in [9.17, 15) is 48.5 Å². The Balaban J connectivity index is 0.000000243. The number of thiazole rings is 2. The molecule has 28 heteroatoms. The zero-order valence-electron chi connectivity index (χ0n) is 51.5. The Bertz CT molecular complexity index is 3320. The van der Waals surface area contributed by atoms with Gasteiger partial charge in [0.2, 0.25) is 11.8 Å². The molecule has 0 radical (unpaired) electrons. The number of para-hydroxylation sites is 2. The Hall–Kier alpha value is -7.13. The van der Waals surface area contributed by atoms with Crippen LogP contribution in [0.2, 0.25) is 11.6 Å². The maximum atomic E-state index is 14.6. The molecule has 6 N–H and O–H groups in total. The van der Waals surface area contributed by atoms with Gasteiger partial charge in [-0.05, 0) is 115 Å². The van der Waals surface area contributed by atoms with Gasteiger partial charge in [0.05, 0.1) is 40.8 Å². The molecule has 4 aromatic rings. The number of piperazine rings is 2. The van der Waals surface area contributed by atoms with Crippen molar-refractivity contribution in [3.05, 3.63) is 85.8 Å². The number of aromatic carboxylic acids is 1. The van der Waals surface area contributed by atoms with Crippen molar-refractivity contribution in [3.63, 3.8) is 0 Å². The second-order valence-corrected chi connectivity index (χ2v) is 27.1. The summed E-state index contributed by atoms with van der Waals surface area (Å²) < 4.78 is 30.7. The smallest absolute Gasteiger partial charge is 0.526 e. The fraction of sp³-hybridized carbons (Fsp3) is 0.574. The monoisotopic (exact) mass is 1270 g/mol. The van der Waals surface area contributed by atoms with Crippen LogP contribution in [-0.2, 0) is 46.1 Å². The van der Waals surface area contributed by atoms with Gasteiger partial charge in [0, 0.05) is 74.5 Å². The number of ketones is 2. The number of likely N-dealkylation sites (N-methyl/N-ethyl adjacent to an activating group) is 2. The number of aromatic nitrogens is 2. The number of nitrogen functional groups attached to an aromatic ring is 1. The molecule has 8 atom stereocenters. The number of hydrogen-bond donors (Lipinski definition) is 5. The number of carboxylic acid groups (broad SMARTS) is 1. The van der Waals surface area contributed by atoms with E-state index in [1.807, 2.05) is 47.6 Å². The fourth-order valence-electron chi connectivity index (χ4n) is 13.2. The van der Waals surface area contributed by atoms with E-state index in [4.69, 9.17) is 29.2 Å². The van der Waals surface area contributed by atoms with Crippen LogP contribution in [0.1, 0.15) is 149 Å². The van der Waals surface area contributed by atoms with Crippen molar-refractivity contribution >= 4 is 89.4 Å². The highest BCUT2D eigenvalue weighted by Gasteiger charge is 2.68. The van der Waals surface area contributed by atoms with Crippen molar-refractivity contribution in [1.82, 2.24) is 40.2 Å². The average molecular weight is 1270 g/mol. The molecule has 5 unspecified atom stereocenters. The minimum absolute atomic E-state index is 0. The number of amides is 6. The second kappa shape index (κ2) is 27.5. The standard InChI is InChI=1S/C38H53BN4O8S.C22H26BN5O7S.CH4/c1-10-42-14-15-43(20-31(42)45)35(47)41-32(27-21-52-22(2)40-27)28(44)19-25(39-50-30-18-24-17-29(37(24,6)7)38(30,8)51-39)16-23-12-11-13-26(33(23)48-9)34(46)49-36(3,4)5;1-2-27-6-7-28(10-17(27)30)22(33)26-18(15-11-36-21(24)25-15)16(29)9-13-8-12-4-3-5-14(20(31)32)19(12)35-23(13)34;/h11-13,21,24-25,29-30,32H,10,14-20H2,1-9H3,(H,41,47);3-5,11,13,18,34H,2,6-10H2,1H3,(H2,24,25)(H,26,33)(H,31,32);1H4/t24?,25-,29?,30?,32?,38+;13-,18?;/m11./s1. The predicted molar refractivity (Wildman–Crippen MR) is 335 cm³/mol. The summed E-state index contributed by atoms with van der Waals surface area (Å²) >= 11 is 2.51. The Morgan fingerprint density at radius 2 is 1.45 bits per heavy atom. The van der Waals surface area contributed by atoms with Crippen molar-refractivity contribution in [2.75, 3.05) is 65.2 Å². The fourth-order valence-corrected chi connectivity index (χ4v) is 14.4. The van der Waals surface area contributed by atoms with Gasteiger partial charge in [-0.1, -0.05) is 45.5 Å². The number of carboxylic acids is 1. The van der Waals surface area contributed by atoms with E-state index in [0.717, 1.165) is 29.2 Å². The zero-order chi connectivity index (χ0) is 63.7. The molecule has 24 nitrogen and oxygen atoms in total. The van der Waals surface area contributed by atoms with Gasteiger partial charge in [-0.3, -0.25) is 19.2 Å². The first kappa shape index (κ1) is 67.8. The van der Waals surface area contributed by atoms with Crippen LogP contribution in [0.4, 0.5) is 14.7 Å². The number of ether oxygens (including phenoxy) is 2. The summed E-state index contributed by atoms with van der Waals surface area (Å²) in [6, 6.07) is 6.68. The summed E-state index contributed by atoms with van der Waals surface area (Å²) in [7, 11) is -0.627. The molecule has 0 spiro atoms. The van der Waals surface area contributed by atoms with Crippen LogP contribution in [0.15, 0.2) is 47.2 Å². The summed E-state index contributed by atoms with van der Waals surface area (Å²) in [5.74, 6) is -2.58. The average Bonchev–Trinajstić information content (AvgIpc) is 1.67. The quantitative estimate of drug-likeness (QED) is 0.0492. The van der Waals surface area contributed by atoms with Gasteiger partial charge in [-0.2, -0.15) is 0 Å². The molecule has 2 aromatic carbocycles.